The van der Waals surface area contributed by atoms with E-state index in [-0.39, 0.29) is 18.0 Å². The highest BCUT2D eigenvalue weighted by atomic mass is 16.4. The maximum Gasteiger partial charge on any atom is 0.320 e. The Balaban J connectivity index is 1.61. The molecule has 1 aliphatic carbocycles. The second-order valence-electron chi connectivity index (χ2n) is 5.83. The Bertz CT molecular complexity index is 379. The van der Waals surface area contributed by atoms with Crippen LogP contribution in [0, 0.1) is 5.92 Å². The fraction of sp³-hybridized carbons (Fsp3) is 0.846. The Morgan fingerprint density at radius 3 is 2.53 bits per heavy atom. The highest BCUT2D eigenvalue weighted by Gasteiger charge is 2.42. The Hall–Kier alpha value is -1.30. The van der Waals surface area contributed by atoms with Crippen LogP contribution in [0.2, 0.25) is 0 Å². The first-order valence-electron chi connectivity index (χ1n) is 7.17. The van der Waals surface area contributed by atoms with Crippen molar-refractivity contribution in [2.45, 2.75) is 37.8 Å². The molecule has 106 valence electrons. The molecule has 1 saturated carbocycles. The summed E-state index contributed by atoms with van der Waals surface area (Å²) in [6.45, 7) is 3.35. The van der Waals surface area contributed by atoms with Gasteiger partial charge in [0, 0.05) is 32.2 Å². The van der Waals surface area contributed by atoms with Gasteiger partial charge in [0.05, 0.1) is 12.0 Å². The number of fused-ring (bicyclic) bond motifs is 1. The van der Waals surface area contributed by atoms with E-state index in [2.05, 4.69) is 5.32 Å². The van der Waals surface area contributed by atoms with Crippen LogP contribution in [0.4, 0.5) is 4.79 Å². The molecule has 0 aromatic heterocycles. The summed E-state index contributed by atoms with van der Waals surface area (Å²) in [7, 11) is 0. The summed E-state index contributed by atoms with van der Waals surface area (Å²) in [6, 6.07) is 0.706. The van der Waals surface area contributed by atoms with Crippen molar-refractivity contribution in [1.29, 1.82) is 0 Å². The zero-order valence-electron chi connectivity index (χ0n) is 11.0. The fourth-order valence-corrected chi connectivity index (χ4v) is 3.59. The lowest BCUT2D eigenvalue weighted by Gasteiger charge is -2.33. The van der Waals surface area contributed by atoms with E-state index in [9.17, 15) is 9.59 Å². The average molecular weight is 267 g/mol. The quantitative estimate of drug-likeness (QED) is 0.756. The molecule has 6 nitrogen and oxygen atoms in total. The number of hydrogen-bond acceptors (Lipinski definition) is 3. The number of carbonyl (C=O) groups excluding carboxylic acids is 1. The highest BCUT2D eigenvalue weighted by molar-refractivity contribution is 5.78. The van der Waals surface area contributed by atoms with E-state index in [1.54, 1.807) is 0 Å². The van der Waals surface area contributed by atoms with Crippen LogP contribution < -0.4 is 5.32 Å². The van der Waals surface area contributed by atoms with Crippen LogP contribution >= 0.6 is 0 Å². The zero-order valence-corrected chi connectivity index (χ0v) is 11.0. The summed E-state index contributed by atoms with van der Waals surface area (Å²) in [6.07, 6.45) is 3.06. The smallest absolute Gasteiger partial charge is 0.320 e. The minimum absolute atomic E-state index is 0.158. The molecule has 2 aliphatic heterocycles. The first kappa shape index (κ1) is 12.7. The van der Waals surface area contributed by atoms with E-state index in [0.717, 1.165) is 39.0 Å². The normalized spacial score (nSPS) is 35.4. The first-order valence-corrected chi connectivity index (χ1v) is 7.17. The van der Waals surface area contributed by atoms with Crippen LogP contribution in [0.3, 0.4) is 0 Å². The summed E-state index contributed by atoms with van der Waals surface area (Å²) in [4.78, 5) is 27.3. The number of rotatable bonds is 2. The highest BCUT2D eigenvalue weighted by Crippen LogP contribution is 2.31. The number of aliphatic carboxylic acids is 1. The predicted octanol–water partition coefficient (Wildman–Crippen LogP) is 0.339. The molecule has 3 aliphatic rings. The fourth-order valence-electron chi connectivity index (χ4n) is 3.59. The van der Waals surface area contributed by atoms with Gasteiger partial charge in [-0.3, -0.25) is 4.79 Å². The van der Waals surface area contributed by atoms with E-state index in [4.69, 9.17) is 5.11 Å². The van der Waals surface area contributed by atoms with Gasteiger partial charge in [0.2, 0.25) is 0 Å². The third kappa shape index (κ3) is 2.29. The minimum atomic E-state index is -0.687. The van der Waals surface area contributed by atoms with Crippen molar-refractivity contribution < 1.29 is 14.7 Å². The van der Waals surface area contributed by atoms with Gasteiger partial charge in [-0.1, -0.05) is 0 Å². The predicted molar refractivity (Wildman–Crippen MR) is 68.8 cm³/mol. The van der Waals surface area contributed by atoms with Crippen LogP contribution in [-0.2, 0) is 4.79 Å². The number of nitrogens with one attached hydrogen (secondary N) is 1. The number of carboxylic acids is 1. The van der Waals surface area contributed by atoms with Crippen molar-refractivity contribution in [2.24, 2.45) is 5.92 Å². The molecule has 3 fully saturated rings. The molecule has 2 N–H and O–H groups in total. The zero-order chi connectivity index (χ0) is 13.4. The average Bonchev–Trinajstić information content (AvgIpc) is 2.77. The summed E-state index contributed by atoms with van der Waals surface area (Å²) >= 11 is 0. The first-order chi connectivity index (χ1) is 9.16. The van der Waals surface area contributed by atoms with Crippen LogP contribution in [0.15, 0.2) is 0 Å². The Labute approximate surface area is 112 Å². The van der Waals surface area contributed by atoms with Crippen molar-refractivity contribution in [3.05, 3.63) is 0 Å². The van der Waals surface area contributed by atoms with Gasteiger partial charge in [-0.25, -0.2) is 4.79 Å². The van der Waals surface area contributed by atoms with Crippen LogP contribution in [0.5, 0.6) is 0 Å². The third-order valence-corrected chi connectivity index (χ3v) is 4.74. The number of urea groups is 1. The molecule has 2 saturated heterocycles. The molecule has 0 spiro atoms. The van der Waals surface area contributed by atoms with Gasteiger partial charge in [-0.05, 0) is 25.7 Å². The Morgan fingerprint density at radius 2 is 1.89 bits per heavy atom. The van der Waals surface area contributed by atoms with Gasteiger partial charge in [0.15, 0.2) is 0 Å². The molecule has 0 aromatic carbocycles. The van der Waals surface area contributed by atoms with Gasteiger partial charge in [0.1, 0.15) is 0 Å². The molecule has 3 rings (SSSR count). The second-order valence-corrected chi connectivity index (χ2v) is 5.83. The Morgan fingerprint density at radius 1 is 1.16 bits per heavy atom. The van der Waals surface area contributed by atoms with E-state index in [1.165, 1.54) is 0 Å². The van der Waals surface area contributed by atoms with Crippen molar-refractivity contribution in [1.82, 2.24) is 15.1 Å². The lowest BCUT2D eigenvalue weighted by molar-refractivity contribution is -0.143. The van der Waals surface area contributed by atoms with Gasteiger partial charge in [0.25, 0.3) is 0 Å². The van der Waals surface area contributed by atoms with Crippen LogP contribution in [0.25, 0.3) is 0 Å². The summed E-state index contributed by atoms with van der Waals surface area (Å²) in [5, 5.41) is 12.3. The van der Waals surface area contributed by atoms with Crippen LogP contribution in [0.1, 0.15) is 25.7 Å². The van der Waals surface area contributed by atoms with E-state index < -0.39 is 5.97 Å². The molecular weight excluding hydrogens is 246 g/mol. The molecule has 0 aromatic rings. The minimum Gasteiger partial charge on any atom is -0.481 e. The number of carboxylic acid groups (broad SMARTS) is 1. The van der Waals surface area contributed by atoms with Crippen molar-refractivity contribution >= 4 is 12.0 Å². The monoisotopic (exact) mass is 267 g/mol. The number of piperazine rings is 1. The standard InChI is InChI=1S/C13H21N3O3/c17-12(18)9-1-3-10(4-2-9)16-8-11-7-14-5-6-15(11)13(16)19/h9-11,14H,1-8H2,(H,17,18)/t9-,10-,11-/m0/s1. The number of hydrogen-bond donors (Lipinski definition) is 2. The summed E-state index contributed by atoms with van der Waals surface area (Å²) in [5.41, 5.74) is 0. The lowest BCUT2D eigenvalue weighted by atomic mass is 9.85. The molecular formula is C13H21N3O3. The lowest BCUT2D eigenvalue weighted by Crippen LogP contribution is -2.50. The van der Waals surface area contributed by atoms with E-state index in [0.29, 0.717) is 18.9 Å². The van der Waals surface area contributed by atoms with Gasteiger partial charge < -0.3 is 20.2 Å². The third-order valence-electron chi connectivity index (χ3n) is 4.74. The second kappa shape index (κ2) is 5.00. The molecule has 19 heavy (non-hydrogen) atoms. The maximum atomic E-state index is 12.4. The van der Waals surface area contributed by atoms with E-state index in [1.807, 2.05) is 9.80 Å². The number of carbonyl (C=O) groups is 2. The maximum absolute atomic E-state index is 12.4. The molecule has 0 unspecified atom stereocenters. The SMILES string of the molecule is O=C1N2CCNC[C@H]2CN1[C@H]1CC[C@H](C(=O)O)CC1. The largest absolute Gasteiger partial charge is 0.481 e. The molecule has 1 atom stereocenters. The van der Waals surface area contributed by atoms with Crippen molar-refractivity contribution in [3.63, 3.8) is 0 Å². The number of amides is 2. The number of nitrogens with zero attached hydrogens (tertiary/aromatic N) is 2. The van der Waals surface area contributed by atoms with Crippen molar-refractivity contribution in [3.8, 4) is 0 Å². The summed E-state index contributed by atoms with van der Waals surface area (Å²) in [5.74, 6) is -0.897. The van der Waals surface area contributed by atoms with Crippen molar-refractivity contribution in [2.75, 3.05) is 26.2 Å². The Kier molecular flexibility index (Phi) is 3.35. The van der Waals surface area contributed by atoms with Crippen LogP contribution in [-0.4, -0.2) is 65.2 Å². The van der Waals surface area contributed by atoms with E-state index >= 15 is 0 Å². The molecule has 0 bridgehead atoms. The summed E-state index contributed by atoms with van der Waals surface area (Å²) < 4.78 is 0. The molecule has 2 amide bonds. The topological polar surface area (TPSA) is 72.9 Å². The molecule has 6 heteroatoms. The molecule has 2 heterocycles. The molecule has 0 radical (unpaired) electrons. The van der Waals surface area contributed by atoms with Gasteiger partial charge in [-0.2, -0.15) is 0 Å². The van der Waals surface area contributed by atoms with Gasteiger partial charge in [-0.15, -0.1) is 0 Å². The van der Waals surface area contributed by atoms with Gasteiger partial charge >= 0.3 is 12.0 Å².